The molecule has 1 atom stereocenters. The van der Waals surface area contributed by atoms with Crippen molar-refractivity contribution in [1.82, 2.24) is 5.01 Å². The first kappa shape index (κ1) is 18.1. The van der Waals surface area contributed by atoms with E-state index in [0.717, 1.165) is 37.1 Å². The minimum absolute atomic E-state index is 0.169. The summed E-state index contributed by atoms with van der Waals surface area (Å²) in [4.78, 5) is 22.6. The number of amides is 1. The molecule has 0 spiro atoms. The van der Waals surface area contributed by atoms with Crippen molar-refractivity contribution < 1.29 is 9.59 Å². The van der Waals surface area contributed by atoms with Crippen LogP contribution in [0.25, 0.3) is 0 Å². The van der Waals surface area contributed by atoms with Gasteiger partial charge in [0.05, 0.1) is 0 Å². The van der Waals surface area contributed by atoms with Crippen LogP contribution in [0.15, 0.2) is 0 Å². The van der Waals surface area contributed by atoms with E-state index < -0.39 is 6.04 Å². The standard InChI is InChI=1S/C14H28N3O2/c1-2-3-4-5-6-10-14(19)17(16)13(12-18)9-7-8-11-15/h13H,2-11,15-16H2,1H3. The van der Waals surface area contributed by atoms with Crippen LogP contribution >= 0.6 is 0 Å². The lowest BCUT2D eigenvalue weighted by atomic mass is 10.1. The second-order valence-corrected chi connectivity index (χ2v) is 4.88. The maximum Gasteiger partial charge on any atom is 0.237 e. The Balaban J connectivity index is 3.89. The Labute approximate surface area is 116 Å². The van der Waals surface area contributed by atoms with Gasteiger partial charge in [0.15, 0.2) is 0 Å². The molecule has 111 valence electrons. The molecular formula is C14H28N3O2. The summed E-state index contributed by atoms with van der Waals surface area (Å²) >= 11 is 0. The summed E-state index contributed by atoms with van der Waals surface area (Å²) in [5, 5.41) is 1.04. The molecule has 0 aliphatic rings. The third-order valence-electron chi connectivity index (χ3n) is 3.19. The van der Waals surface area contributed by atoms with Crippen LogP contribution in [0.1, 0.15) is 64.7 Å². The minimum atomic E-state index is -0.630. The highest BCUT2D eigenvalue weighted by Crippen LogP contribution is 2.09. The molecule has 0 bridgehead atoms. The van der Waals surface area contributed by atoms with Crippen LogP contribution < -0.4 is 11.6 Å². The first-order chi connectivity index (χ1) is 9.17. The smallest absolute Gasteiger partial charge is 0.237 e. The summed E-state index contributed by atoms with van der Waals surface area (Å²) in [7, 11) is 0. The number of hydrogen-bond donors (Lipinski definition) is 2. The van der Waals surface area contributed by atoms with Crippen molar-refractivity contribution in [3.8, 4) is 0 Å². The largest absolute Gasteiger partial charge is 0.330 e. The van der Waals surface area contributed by atoms with Gasteiger partial charge in [0.1, 0.15) is 6.04 Å². The zero-order valence-corrected chi connectivity index (χ0v) is 12.1. The highest BCUT2D eigenvalue weighted by Gasteiger charge is 2.20. The number of carbonyl (C=O) groups is 1. The van der Waals surface area contributed by atoms with E-state index in [1.54, 1.807) is 0 Å². The Morgan fingerprint density at radius 2 is 1.84 bits per heavy atom. The predicted molar refractivity (Wildman–Crippen MR) is 76.8 cm³/mol. The van der Waals surface area contributed by atoms with Crippen LogP contribution in [-0.2, 0) is 9.59 Å². The molecule has 0 aliphatic carbocycles. The van der Waals surface area contributed by atoms with Crippen LogP contribution in [0, 0.1) is 0 Å². The Morgan fingerprint density at radius 1 is 1.16 bits per heavy atom. The summed E-state index contributed by atoms with van der Waals surface area (Å²) in [6, 6.07) is -0.630. The van der Waals surface area contributed by atoms with E-state index in [1.807, 2.05) is 6.29 Å². The number of unbranched alkanes of at least 4 members (excludes halogenated alkanes) is 5. The Bertz CT molecular complexity index is 247. The van der Waals surface area contributed by atoms with Crippen molar-refractivity contribution in [3.63, 3.8) is 0 Å². The third-order valence-corrected chi connectivity index (χ3v) is 3.19. The number of nitrogens with two attached hydrogens (primary N) is 2. The van der Waals surface area contributed by atoms with E-state index in [1.165, 1.54) is 12.8 Å². The summed E-state index contributed by atoms with van der Waals surface area (Å²) in [6.07, 6.45) is 9.81. The average Bonchev–Trinajstić information content (AvgIpc) is 2.42. The highest BCUT2D eigenvalue weighted by atomic mass is 16.2. The molecule has 0 aromatic heterocycles. The van der Waals surface area contributed by atoms with Crippen molar-refractivity contribution in [2.75, 3.05) is 6.54 Å². The van der Waals surface area contributed by atoms with Crippen molar-refractivity contribution in [3.05, 3.63) is 0 Å². The number of rotatable bonds is 12. The lowest BCUT2D eigenvalue weighted by Gasteiger charge is -2.22. The minimum Gasteiger partial charge on any atom is -0.330 e. The van der Waals surface area contributed by atoms with Gasteiger partial charge in [-0.15, -0.1) is 0 Å². The molecule has 5 heteroatoms. The number of hydrazine groups is 1. The van der Waals surface area contributed by atoms with Crippen LogP contribution in [0.3, 0.4) is 0 Å². The lowest BCUT2D eigenvalue weighted by Crippen LogP contribution is -2.46. The summed E-state index contributed by atoms with van der Waals surface area (Å²) in [5.74, 6) is 5.52. The van der Waals surface area contributed by atoms with Crippen LogP contribution in [-0.4, -0.2) is 29.8 Å². The molecule has 5 nitrogen and oxygen atoms in total. The van der Waals surface area contributed by atoms with Crippen molar-refractivity contribution in [1.29, 1.82) is 0 Å². The quantitative estimate of drug-likeness (QED) is 0.244. The maximum atomic E-state index is 11.8. The van der Waals surface area contributed by atoms with Gasteiger partial charge in [-0.25, -0.2) is 5.84 Å². The van der Waals surface area contributed by atoms with Gasteiger partial charge in [-0.2, -0.15) is 0 Å². The Kier molecular flexibility index (Phi) is 11.5. The van der Waals surface area contributed by atoms with Crippen molar-refractivity contribution in [2.24, 2.45) is 11.6 Å². The van der Waals surface area contributed by atoms with E-state index in [0.29, 0.717) is 19.4 Å². The van der Waals surface area contributed by atoms with E-state index in [4.69, 9.17) is 11.6 Å². The van der Waals surface area contributed by atoms with Gasteiger partial charge in [0.25, 0.3) is 0 Å². The van der Waals surface area contributed by atoms with Crippen molar-refractivity contribution >= 4 is 12.2 Å². The van der Waals surface area contributed by atoms with Gasteiger partial charge in [-0.05, 0) is 32.2 Å². The number of carbonyl (C=O) groups excluding carboxylic acids is 2. The van der Waals surface area contributed by atoms with Crippen molar-refractivity contribution in [2.45, 2.75) is 70.8 Å². The molecule has 4 N–H and O–H groups in total. The van der Waals surface area contributed by atoms with Crippen LogP contribution in [0.4, 0.5) is 0 Å². The molecule has 0 saturated heterocycles. The molecule has 0 rings (SSSR count). The fourth-order valence-corrected chi connectivity index (χ4v) is 1.92. The highest BCUT2D eigenvalue weighted by molar-refractivity contribution is 5.79. The summed E-state index contributed by atoms with van der Waals surface area (Å²) < 4.78 is 0. The monoisotopic (exact) mass is 270 g/mol. The molecule has 0 aromatic carbocycles. The molecule has 1 amide bonds. The zero-order valence-electron chi connectivity index (χ0n) is 12.1. The predicted octanol–water partition coefficient (Wildman–Crippen LogP) is 1.66. The van der Waals surface area contributed by atoms with Gasteiger partial charge in [0.2, 0.25) is 12.2 Å². The number of hydrogen-bond acceptors (Lipinski definition) is 4. The van der Waals surface area contributed by atoms with Gasteiger partial charge in [-0.1, -0.05) is 32.6 Å². The molecule has 0 heterocycles. The fraction of sp³-hybridized carbons (Fsp3) is 0.857. The molecule has 19 heavy (non-hydrogen) atoms. The van der Waals surface area contributed by atoms with Crippen LogP contribution in [0.5, 0.6) is 0 Å². The zero-order chi connectivity index (χ0) is 14.5. The normalized spacial score (nSPS) is 12.2. The molecule has 0 aliphatic heterocycles. The molecular weight excluding hydrogens is 242 g/mol. The van der Waals surface area contributed by atoms with Gasteiger partial charge < -0.3 is 5.73 Å². The topological polar surface area (TPSA) is 89.4 Å². The summed E-state index contributed by atoms with van der Waals surface area (Å²) in [5.41, 5.74) is 5.39. The third kappa shape index (κ3) is 8.72. The summed E-state index contributed by atoms with van der Waals surface area (Å²) in [6.45, 7) is 2.74. The van der Waals surface area contributed by atoms with E-state index in [9.17, 15) is 9.59 Å². The Hall–Kier alpha value is -0.940. The molecule has 0 fully saturated rings. The first-order valence-corrected chi connectivity index (χ1v) is 7.31. The van der Waals surface area contributed by atoms with E-state index >= 15 is 0 Å². The van der Waals surface area contributed by atoms with E-state index in [-0.39, 0.29) is 5.91 Å². The Morgan fingerprint density at radius 3 is 2.42 bits per heavy atom. The second-order valence-electron chi connectivity index (χ2n) is 4.88. The van der Waals surface area contributed by atoms with E-state index in [2.05, 4.69) is 6.92 Å². The van der Waals surface area contributed by atoms with Gasteiger partial charge >= 0.3 is 0 Å². The second kappa shape index (κ2) is 12.1. The molecule has 1 radical (unpaired) electrons. The molecule has 0 saturated carbocycles. The fourth-order valence-electron chi connectivity index (χ4n) is 1.92. The SMILES string of the molecule is CCCCCCCC(=O)N(N)C([C]=O)CCCCN. The van der Waals surface area contributed by atoms with Gasteiger partial charge in [-0.3, -0.25) is 14.6 Å². The maximum absolute atomic E-state index is 11.8. The van der Waals surface area contributed by atoms with Gasteiger partial charge in [0, 0.05) is 6.42 Å². The lowest BCUT2D eigenvalue weighted by molar-refractivity contribution is -0.132. The number of nitrogens with zero attached hydrogens (tertiary/aromatic N) is 1. The van der Waals surface area contributed by atoms with Crippen LogP contribution in [0.2, 0.25) is 0 Å². The molecule has 0 aromatic rings. The average molecular weight is 270 g/mol. The first-order valence-electron chi connectivity index (χ1n) is 7.31. The molecule has 1 unspecified atom stereocenters.